The van der Waals surface area contributed by atoms with E-state index in [0.29, 0.717) is 22.1 Å². The SMILES string of the molecule is CN(Cc1ccc(Cl)s1)C(=O)c1ccc(NS(C)(=O)=O)cc1. The zero-order chi connectivity index (χ0) is 16.3. The van der Waals surface area contributed by atoms with Gasteiger partial charge in [-0.15, -0.1) is 11.3 Å². The number of hydrogen-bond donors (Lipinski definition) is 1. The summed E-state index contributed by atoms with van der Waals surface area (Å²) in [4.78, 5) is 14.9. The van der Waals surface area contributed by atoms with Crippen LogP contribution in [0.4, 0.5) is 5.69 Å². The molecule has 1 aromatic heterocycles. The van der Waals surface area contributed by atoms with E-state index >= 15 is 0 Å². The molecule has 118 valence electrons. The van der Waals surface area contributed by atoms with E-state index in [2.05, 4.69) is 4.72 Å². The van der Waals surface area contributed by atoms with Crippen LogP contribution in [0.15, 0.2) is 36.4 Å². The molecule has 0 atom stereocenters. The second kappa shape index (κ2) is 6.68. The molecular formula is C14H15ClN2O3S2. The van der Waals surface area contributed by atoms with Gasteiger partial charge in [0.1, 0.15) is 0 Å². The van der Waals surface area contributed by atoms with Crippen molar-refractivity contribution in [3.63, 3.8) is 0 Å². The highest BCUT2D eigenvalue weighted by Gasteiger charge is 2.13. The number of amides is 1. The minimum Gasteiger partial charge on any atom is -0.337 e. The van der Waals surface area contributed by atoms with Crippen LogP contribution in [0, 0.1) is 0 Å². The summed E-state index contributed by atoms with van der Waals surface area (Å²) in [5, 5.41) is 0. The smallest absolute Gasteiger partial charge is 0.253 e. The van der Waals surface area contributed by atoms with Gasteiger partial charge in [-0.3, -0.25) is 9.52 Å². The topological polar surface area (TPSA) is 66.5 Å². The Morgan fingerprint density at radius 3 is 2.36 bits per heavy atom. The lowest BCUT2D eigenvalue weighted by molar-refractivity contribution is 0.0786. The molecule has 0 spiro atoms. The Balaban J connectivity index is 2.05. The van der Waals surface area contributed by atoms with Crippen LogP contribution in [0.2, 0.25) is 4.34 Å². The number of carbonyl (C=O) groups excluding carboxylic acids is 1. The van der Waals surface area contributed by atoms with E-state index in [0.717, 1.165) is 11.1 Å². The zero-order valence-electron chi connectivity index (χ0n) is 12.0. The number of benzene rings is 1. The van der Waals surface area contributed by atoms with Gasteiger partial charge in [-0.1, -0.05) is 11.6 Å². The molecule has 1 N–H and O–H groups in total. The molecular weight excluding hydrogens is 344 g/mol. The Morgan fingerprint density at radius 2 is 1.86 bits per heavy atom. The number of nitrogens with one attached hydrogen (secondary N) is 1. The molecule has 2 aromatic rings. The van der Waals surface area contributed by atoms with E-state index in [1.165, 1.54) is 11.3 Å². The molecule has 5 nitrogen and oxygen atoms in total. The lowest BCUT2D eigenvalue weighted by Gasteiger charge is -2.16. The number of halogens is 1. The van der Waals surface area contributed by atoms with Crippen LogP contribution in [-0.2, 0) is 16.6 Å². The van der Waals surface area contributed by atoms with Gasteiger partial charge in [-0.2, -0.15) is 0 Å². The zero-order valence-corrected chi connectivity index (χ0v) is 14.4. The van der Waals surface area contributed by atoms with Crippen molar-refractivity contribution in [2.75, 3.05) is 18.0 Å². The van der Waals surface area contributed by atoms with E-state index in [1.54, 1.807) is 42.3 Å². The summed E-state index contributed by atoms with van der Waals surface area (Å²) >= 11 is 7.30. The van der Waals surface area contributed by atoms with Gasteiger partial charge in [0.25, 0.3) is 5.91 Å². The molecule has 1 heterocycles. The Morgan fingerprint density at radius 1 is 1.23 bits per heavy atom. The third kappa shape index (κ3) is 4.72. The Kier molecular flexibility index (Phi) is 5.10. The van der Waals surface area contributed by atoms with E-state index in [1.807, 2.05) is 6.07 Å². The van der Waals surface area contributed by atoms with Crippen molar-refractivity contribution in [2.45, 2.75) is 6.54 Å². The van der Waals surface area contributed by atoms with Gasteiger partial charge < -0.3 is 4.90 Å². The van der Waals surface area contributed by atoms with Crippen LogP contribution in [0.25, 0.3) is 0 Å². The van der Waals surface area contributed by atoms with Gasteiger partial charge in [0.05, 0.1) is 17.1 Å². The molecule has 0 bridgehead atoms. The molecule has 0 aliphatic carbocycles. The van der Waals surface area contributed by atoms with Gasteiger partial charge in [0.15, 0.2) is 0 Å². The number of rotatable bonds is 5. The van der Waals surface area contributed by atoms with Crippen LogP contribution in [0.3, 0.4) is 0 Å². The first-order valence-corrected chi connectivity index (χ1v) is 9.41. The number of sulfonamides is 1. The first-order valence-electron chi connectivity index (χ1n) is 6.32. The Hall–Kier alpha value is -1.57. The fraction of sp³-hybridized carbons (Fsp3) is 0.214. The van der Waals surface area contributed by atoms with Crippen LogP contribution < -0.4 is 4.72 Å². The largest absolute Gasteiger partial charge is 0.337 e. The third-order valence-corrected chi connectivity index (χ3v) is 4.63. The average molecular weight is 359 g/mol. The molecule has 0 fully saturated rings. The summed E-state index contributed by atoms with van der Waals surface area (Å²) in [7, 11) is -1.61. The van der Waals surface area contributed by atoms with Crippen LogP contribution in [-0.4, -0.2) is 32.5 Å². The molecule has 0 unspecified atom stereocenters. The van der Waals surface area contributed by atoms with Gasteiger partial charge >= 0.3 is 0 Å². The molecule has 22 heavy (non-hydrogen) atoms. The second-order valence-corrected chi connectivity index (χ2v) is 8.37. The molecule has 0 saturated heterocycles. The summed E-state index contributed by atoms with van der Waals surface area (Å²) < 4.78 is 25.3. The van der Waals surface area contributed by atoms with Crippen molar-refractivity contribution < 1.29 is 13.2 Å². The van der Waals surface area contributed by atoms with Crippen LogP contribution in [0.1, 0.15) is 15.2 Å². The minimum absolute atomic E-state index is 0.143. The van der Waals surface area contributed by atoms with Gasteiger partial charge in [0, 0.05) is 23.2 Å². The van der Waals surface area contributed by atoms with Crippen LogP contribution >= 0.6 is 22.9 Å². The summed E-state index contributed by atoms with van der Waals surface area (Å²) in [6.45, 7) is 0.472. The first kappa shape index (κ1) is 16.8. The summed E-state index contributed by atoms with van der Waals surface area (Å²) in [6, 6.07) is 9.98. The molecule has 2 rings (SSSR count). The van der Waals surface area contributed by atoms with Gasteiger partial charge in [0.2, 0.25) is 10.0 Å². The highest BCUT2D eigenvalue weighted by molar-refractivity contribution is 7.92. The maximum atomic E-state index is 12.3. The number of carbonyl (C=O) groups is 1. The molecule has 1 aromatic carbocycles. The van der Waals surface area contributed by atoms with Gasteiger partial charge in [-0.25, -0.2) is 8.42 Å². The Labute approximate surface area is 138 Å². The highest BCUT2D eigenvalue weighted by Crippen LogP contribution is 2.23. The van der Waals surface area contributed by atoms with Crippen molar-refractivity contribution in [1.82, 2.24) is 4.90 Å². The van der Waals surface area contributed by atoms with Gasteiger partial charge in [-0.05, 0) is 36.4 Å². The monoisotopic (exact) mass is 358 g/mol. The molecule has 8 heteroatoms. The van der Waals surface area contributed by atoms with Crippen molar-refractivity contribution in [3.05, 3.63) is 51.2 Å². The maximum Gasteiger partial charge on any atom is 0.253 e. The first-order chi connectivity index (χ1) is 10.2. The third-order valence-electron chi connectivity index (χ3n) is 2.80. The fourth-order valence-corrected chi connectivity index (χ4v) is 3.56. The van der Waals surface area contributed by atoms with Crippen LogP contribution in [0.5, 0.6) is 0 Å². The number of nitrogens with zero attached hydrogens (tertiary/aromatic N) is 1. The quantitative estimate of drug-likeness (QED) is 0.893. The molecule has 0 aliphatic rings. The minimum atomic E-state index is -3.32. The maximum absolute atomic E-state index is 12.3. The van der Waals surface area contributed by atoms with Crippen molar-refractivity contribution in [3.8, 4) is 0 Å². The van der Waals surface area contributed by atoms with E-state index in [9.17, 15) is 13.2 Å². The van der Waals surface area contributed by atoms with E-state index < -0.39 is 10.0 Å². The lowest BCUT2D eigenvalue weighted by Crippen LogP contribution is -2.25. The second-order valence-electron chi connectivity index (χ2n) is 4.82. The number of thiophene rings is 1. The number of anilines is 1. The molecule has 0 radical (unpaired) electrons. The number of hydrogen-bond acceptors (Lipinski definition) is 4. The predicted molar refractivity (Wildman–Crippen MR) is 90.0 cm³/mol. The van der Waals surface area contributed by atoms with E-state index in [-0.39, 0.29) is 5.91 Å². The summed E-state index contributed by atoms with van der Waals surface area (Å²) in [6.07, 6.45) is 1.08. The molecule has 1 amide bonds. The van der Waals surface area contributed by atoms with Crippen molar-refractivity contribution in [1.29, 1.82) is 0 Å². The lowest BCUT2D eigenvalue weighted by atomic mass is 10.2. The van der Waals surface area contributed by atoms with Crippen molar-refractivity contribution >= 4 is 44.6 Å². The average Bonchev–Trinajstić information content (AvgIpc) is 2.82. The summed E-state index contributed by atoms with van der Waals surface area (Å²) in [5.74, 6) is -0.143. The standard InChI is InChI=1S/C14H15ClN2O3S2/c1-17(9-12-7-8-13(15)21-12)14(18)10-3-5-11(6-4-10)16-22(2,19)20/h3-8,16H,9H2,1-2H3. The predicted octanol–water partition coefficient (Wildman–Crippen LogP) is 3.05. The highest BCUT2D eigenvalue weighted by atomic mass is 35.5. The Bertz CT molecular complexity index is 770. The normalized spacial score (nSPS) is 11.2. The molecule has 0 saturated carbocycles. The van der Waals surface area contributed by atoms with E-state index in [4.69, 9.17) is 11.6 Å². The fourth-order valence-electron chi connectivity index (χ4n) is 1.86. The molecule has 0 aliphatic heterocycles. The summed E-state index contributed by atoms with van der Waals surface area (Å²) in [5.41, 5.74) is 0.913. The van der Waals surface area contributed by atoms with Crippen molar-refractivity contribution in [2.24, 2.45) is 0 Å².